The predicted octanol–water partition coefficient (Wildman–Crippen LogP) is 0.580. The van der Waals surface area contributed by atoms with E-state index < -0.39 is 0 Å². The second-order valence-corrected chi connectivity index (χ2v) is 5.58. The van der Waals surface area contributed by atoms with Gasteiger partial charge < -0.3 is 4.90 Å². The number of amides is 1. The van der Waals surface area contributed by atoms with Crippen LogP contribution in [0, 0.1) is 5.92 Å². The lowest BCUT2D eigenvalue weighted by molar-refractivity contribution is -0.132. The van der Waals surface area contributed by atoms with Crippen molar-refractivity contribution < 1.29 is 9.59 Å². The predicted molar refractivity (Wildman–Crippen MR) is 80.3 cm³/mol. The fraction of sp³-hybridized carbons (Fsp3) is 0.467. The van der Waals surface area contributed by atoms with Crippen LogP contribution >= 0.6 is 0 Å². The van der Waals surface area contributed by atoms with E-state index in [1.807, 2.05) is 0 Å². The van der Waals surface area contributed by atoms with Gasteiger partial charge in [0, 0.05) is 31.6 Å². The fourth-order valence-corrected chi connectivity index (χ4v) is 2.79. The van der Waals surface area contributed by atoms with E-state index in [0.717, 1.165) is 12.8 Å². The number of Topliss-reactive ketones (excluding diaryl/α,β-unsaturated/α-hetero) is 1. The maximum Gasteiger partial charge on any atom is 0.224 e. The highest BCUT2D eigenvalue weighted by Crippen LogP contribution is 2.20. The molecule has 1 saturated heterocycles. The fourth-order valence-electron chi connectivity index (χ4n) is 2.79. The van der Waals surface area contributed by atoms with E-state index in [2.05, 4.69) is 20.5 Å². The minimum Gasteiger partial charge on any atom is -0.342 e. The minimum absolute atomic E-state index is 0.0172. The number of tetrazole rings is 1. The lowest BCUT2D eigenvalue weighted by atomic mass is 9.91. The van der Waals surface area contributed by atoms with Crippen LogP contribution in [0.4, 0.5) is 0 Å². The van der Waals surface area contributed by atoms with Gasteiger partial charge >= 0.3 is 0 Å². The number of carbonyl (C=O) groups is 2. The molecule has 1 aliphatic rings. The molecule has 1 atom stereocenters. The van der Waals surface area contributed by atoms with E-state index >= 15 is 0 Å². The number of hydrogen-bond acceptors (Lipinski definition) is 6. The summed E-state index contributed by atoms with van der Waals surface area (Å²) in [6, 6.07) is 5.31. The molecular formula is C15H18N6O2. The van der Waals surface area contributed by atoms with Crippen molar-refractivity contribution in [3.05, 3.63) is 36.4 Å². The first-order valence-corrected chi connectivity index (χ1v) is 7.68. The van der Waals surface area contributed by atoms with Gasteiger partial charge in [0.05, 0.1) is 6.54 Å². The van der Waals surface area contributed by atoms with Crippen molar-refractivity contribution in [2.75, 3.05) is 13.1 Å². The number of rotatable bonds is 5. The first kappa shape index (κ1) is 15.3. The Kier molecular flexibility index (Phi) is 4.70. The average Bonchev–Trinajstić information content (AvgIpc) is 3.13. The number of likely N-dealkylation sites (tertiary alicyclic amines) is 1. The Morgan fingerprint density at radius 1 is 1.30 bits per heavy atom. The first-order chi connectivity index (χ1) is 11.2. The van der Waals surface area contributed by atoms with Crippen LogP contribution in [-0.2, 0) is 11.3 Å². The number of aryl methyl sites for hydroxylation is 1. The Hall–Kier alpha value is -2.64. The Morgan fingerprint density at radius 2 is 2.22 bits per heavy atom. The van der Waals surface area contributed by atoms with Crippen molar-refractivity contribution >= 4 is 11.7 Å². The van der Waals surface area contributed by atoms with E-state index in [1.54, 1.807) is 29.3 Å². The molecule has 2 aromatic heterocycles. The van der Waals surface area contributed by atoms with Crippen LogP contribution in [0.25, 0.3) is 0 Å². The third-order valence-electron chi connectivity index (χ3n) is 4.01. The molecule has 0 saturated carbocycles. The quantitative estimate of drug-likeness (QED) is 0.749. The molecule has 0 N–H and O–H groups in total. The smallest absolute Gasteiger partial charge is 0.224 e. The number of aromatic nitrogens is 5. The van der Waals surface area contributed by atoms with Gasteiger partial charge in [-0.05, 0) is 35.4 Å². The summed E-state index contributed by atoms with van der Waals surface area (Å²) < 4.78 is 1.53. The normalized spacial score (nSPS) is 17.9. The second-order valence-electron chi connectivity index (χ2n) is 5.58. The topological polar surface area (TPSA) is 93.9 Å². The molecule has 2 aromatic rings. The van der Waals surface area contributed by atoms with Crippen molar-refractivity contribution in [2.45, 2.75) is 25.8 Å². The van der Waals surface area contributed by atoms with Crippen LogP contribution < -0.4 is 0 Å². The number of nitrogens with zero attached hydrogens (tertiary/aromatic N) is 6. The number of hydrogen-bond donors (Lipinski definition) is 0. The summed E-state index contributed by atoms with van der Waals surface area (Å²) >= 11 is 0. The van der Waals surface area contributed by atoms with E-state index in [4.69, 9.17) is 0 Å². The van der Waals surface area contributed by atoms with Crippen molar-refractivity contribution in [3.8, 4) is 0 Å². The summed E-state index contributed by atoms with van der Waals surface area (Å²) in [5.41, 5.74) is 0.473. The molecule has 0 aromatic carbocycles. The van der Waals surface area contributed by atoms with Gasteiger partial charge in [-0.25, -0.2) is 4.68 Å². The molecule has 0 aliphatic carbocycles. The third-order valence-corrected chi connectivity index (χ3v) is 4.01. The van der Waals surface area contributed by atoms with Crippen LogP contribution in [0.5, 0.6) is 0 Å². The van der Waals surface area contributed by atoms with Crippen molar-refractivity contribution in [3.63, 3.8) is 0 Å². The van der Waals surface area contributed by atoms with E-state index in [0.29, 0.717) is 31.7 Å². The molecule has 1 fully saturated rings. The maximum absolute atomic E-state index is 12.5. The number of piperidine rings is 1. The van der Waals surface area contributed by atoms with Gasteiger partial charge in [0.15, 0.2) is 5.78 Å². The molecular weight excluding hydrogens is 296 g/mol. The van der Waals surface area contributed by atoms with Crippen molar-refractivity contribution in [1.82, 2.24) is 30.1 Å². The highest BCUT2D eigenvalue weighted by atomic mass is 16.2. The van der Waals surface area contributed by atoms with E-state index in [-0.39, 0.29) is 17.6 Å². The average molecular weight is 314 g/mol. The summed E-state index contributed by atoms with van der Waals surface area (Å²) in [5, 5.41) is 10.8. The zero-order valence-electron chi connectivity index (χ0n) is 12.7. The van der Waals surface area contributed by atoms with Gasteiger partial charge in [-0.2, -0.15) is 0 Å². The first-order valence-electron chi connectivity index (χ1n) is 7.68. The van der Waals surface area contributed by atoms with Gasteiger partial charge in [-0.3, -0.25) is 14.6 Å². The monoisotopic (exact) mass is 314 g/mol. The van der Waals surface area contributed by atoms with Crippen molar-refractivity contribution in [2.24, 2.45) is 5.92 Å². The summed E-state index contributed by atoms with van der Waals surface area (Å²) in [4.78, 5) is 30.7. The molecule has 3 rings (SSSR count). The van der Waals surface area contributed by atoms with Gasteiger partial charge in [0.2, 0.25) is 5.91 Å². The van der Waals surface area contributed by atoms with E-state index in [9.17, 15) is 9.59 Å². The second kappa shape index (κ2) is 7.08. The lowest BCUT2D eigenvalue weighted by Gasteiger charge is -2.32. The summed E-state index contributed by atoms with van der Waals surface area (Å²) in [5.74, 6) is -0.127. The van der Waals surface area contributed by atoms with Gasteiger partial charge in [0.25, 0.3) is 0 Å². The summed E-state index contributed by atoms with van der Waals surface area (Å²) in [7, 11) is 0. The largest absolute Gasteiger partial charge is 0.342 e. The zero-order chi connectivity index (χ0) is 16.1. The van der Waals surface area contributed by atoms with Crippen LogP contribution in [0.1, 0.15) is 29.8 Å². The molecule has 1 aliphatic heterocycles. The SMILES string of the molecule is O=C(c1ccccn1)[C@H]1CCCN(C(=O)CCn2cnnn2)C1. The maximum atomic E-state index is 12.5. The highest BCUT2D eigenvalue weighted by Gasteiger charge is 2.29. The molecule has 0 unspecified atom stereocenters. The molecule has 3 heterocycles. The minimum atomic E-state index is -0.171. The lowest BCUT2D eigenvalue weighted by Crippen LogP contribution is -2.42. The molecule has 0 radical (unpaired) electrons. The molecule has 1 amide bonds. The number of ketones is 1. The van der Waals surface area contributed by atoms with Gasteiger partial charge in [0.1, 0.15) is 12.0 Å². The Bertz CT molecular complexity index is 658. The Balaban J connectivity index is 1.57. The van der Waals surface area contributed by atoms with Crippen LogP contribution in [0.3, 0.4) is 0 Å². The molecule has 8 heteroatoms. The summed E-state index contributed by atoms with van der Waals surface area (Å²) in [6.07, 6.45) is 5.06. The van der Waals surface area contributed by atoms with Crippen molar-refractivity contribution in [1.29, 1.82) is 0 Å². The molecule has 8 nitrogen and oxygen atoms in total. The Labute approximate surface area is 133 Å². The third kappa shape index (κ3) is 3.77. The highest BCUT2D eigenvalue weighted by molar-refractivity contribution is 5.96. The van der Waals surface area contributed by atoms with Crippen LogP contribution in [0.15, 0.2) is 30.7 Å². The van der Waals surface area contributed by atoms with Crippen LogP contribution in [0.2, 0.25) is 0 Å². The standard InChI is InChI=1S/C15H18N6O2/c22-14(6-9-21-11-17-18-19-21)20-8-3-4-12(10-20)15(23)13-5-1-2-7-16-13/h1-2,5,7,11-12H,3-4,6,8-10H2/t12-/m0/s1. The zero-order valence-corrected chi connectivity index (χ0v) is 12.7. The van der Waals surface area contributed by atoms with Gasteiger partial charge in [-0.1, -0.05) is 6.07 Å². The molecule has 0 bridgehead atoms. The Morgan fingerprint density at radius 3 is 2.96 bits per heavy atom. The molecule has 0 spiro atoms. The number of carbonyl (C=O) groups excluding carboxylic acids is 2. The van der Waals surface area contributed by atoms with E-state index in [1.165, 1.54) is 11.0 Å². The van der Waals surface area contributed by atoms with Gasteiger partial charge in [-0.15, -0.1) is 5.10 Å². The molecule has 23 heavy (non-hydrogen) atoms. The number of pyridine rings is 1. The summed E-state index contributed by atoms with van der Waals surface area (Å²) in [6.45, 7) is 1.60. The van der Waals surface area contributed by atoms with Crippen LogP contribution in [-0.4, -0.2) is 54.9 Å². The molecule has 120 valence electrons.